The van der Waals surface area contributed by atoms with Crippen LogP contribution in [0.1, 0.15) is 31.2 Å². The zero-order valence-corrected chi connectivity index (χ0v) is 20.0. The lowest BCUT2D eigenvalue weighted by molar-refractivity contribution is 0.00692. The number of aliphatic imine (C=N–C) groups is 1. The van der Waals surface area contributed by atoms with E-state index in [0.29, 0.717) is 41.7 Å². The standard InChI is InChI=1S/C26H28F2N6O/c1-14-12-34(13-23(35-14)17(10-29)11-30-19-5-6-19)24-9-22-26(32-16(3)15(2)31-22)25(33-24)20-7-4-18(27)8-21(20)28/h4,7-11,14,19,23H,5-6,12-13,29H2,1-3H3/b17-10+,30-11?/t14-,23-/m1/s1. The molecule has 7 nitrogen and oxygen atoms in total. The molecule has 35 heavy (non-hydrogen) atoms. The van der Waals surface area contributed by atoms with Gasteiger partial charge >= 0.3 is 0 Å². The Bertz CT molecular complexity index is 1340. The number of morpholine rings is 1. The van der Waals surface area contributed by atoms with E-state index in [4.69, 9.17) is 20.4 Å². The number of fused-ring (bicyclic) bond motifs is 1. The molecule has 1 aromatic carbocycles. The summed E-state index contributed by atoms with van der Waals surface area (Å²) in [5, 5.41) is 0. The van der Waals surface area contributed by atoms with Crippen molar-refractivity contribution in [3.8, 4) is 11.3 Å². The number of rotatable bonds is 5. The monoisotopic (exact) mass is 478 g/mol. The van der Waals surface area contributed by atoms with E-state index in [1.165, 1.54) is 18.3 Å². The highest BCUT2D eigenvalue weighted by atomic mass is 19.1. The van der Waals surface area contributed by atoms with Crippen LogP contribution in [0, 0.1) is 25.5 Å². The number of halogens is 2. The van der Waals surface area contributed by atoms with Gasteiger partial charge in [0, 0.05) is 42.2 Å². The molecule has 1 aliphatic carbocycles. The van der Waals surface area contributed by atoms with Crippen LogP contribution in [0.5, 0.6) is 0 Å². The topological polar surface area (TPSA) is 89.5 Å². The van der Waals surface area contributed by atoms with Crippen molar-refractivity contribution < 1.29 is 13.5 Å². The van der Waals surface area contributed by atoms with E-state index >= 15 is 0 Å². The summed E-state index contributed by atoms with van der Waals surface area (Å²) in [4.78, 5) is 20.8. The zero-order chi connectivity index (χ0) is 24.7. The van der Waals surface area contributed by atoms with Crippen molar-refractivity contribution in [3.05, 3.63) is 59.1 Å². The third-order valence-electron chi connectivity index (χ3n) is 6.37. The highest BCUT2D eigenvalue weighted by Gasteiger charge is 2.30. The number of aromatic nitrogens is 3. The molecule has 2 aromatic heterocycles. The van der Waals surface area contributed by atoms with Gasteiger partial charge in [0.1, 0.15) is 34.8 Å². The van der Waals surface area contributed by atoms with E-state index in [1.54, 1.807) is 0 Å². The first-order valence-corrected chi connectivity index (χ1v) is 11.8. The molecule has 0 amide bonds. The molecule has 2 fully saturated rings. The van der Waals surface area contributed by atoms with Crippen LogP contribution >= 0.6 is 0 Å². The molecule has 2 N–H and O–H groups in total. The maximum atomic E-state index is 14.9. The summed E-state index contributed by atoms with van der Waals surface area (Å²) in [5.74, 6) is -0.734. The van der Waals surface area contributed by atoms with Crippen molar-refractivity contribution in [1.29, 1.82) is 0 Å². The van der Waals surface area contributed by atoms with E-state index < -0.39 is 11.6 Å². The van der Waals surface area contributed by atoms with Crippen LogP contribution < -0.4 is 10.6 Å². The molecule has 182 valence electrons. The summed E-state index contributed by atoms with van der Waals surface area (Å²) in [7, 11) is 0. The molecule has 2 atom stereocenters. The number of hydrogen-bond acceptors (Lipinski definition) is 7. The number of nitrogens with zero attached hydrogens (tertiary/aromatic N) is 5. The lowest BCUT2D eigenvalue weighted by atomic mass is 10.1. The molecule has 1 aliphatic heterocycles. The molecule has 3 aromatic rings. The van der Waals surface area contributed by atoms with Gasteiger partial charge in [-0.1, -0.05) is 0 Å². The predicted octanol–water partition coefficient (Wildman–Crippen LogP) is 4.26. The molecule has 0 spiro atoms. The predicted molar refractivity (Wildman–Crippen MR) is 132 cm³/mol. The molecule has 1 saturated heterocycles. The summed E-state index contributed by atoms with van der Waals surface area (Å²) in [6.45, 7) is 6.78. The lowest BCUT2D eigenvalue weighted by Gasteiger charge is -2.38. The summed E-state index contributed by atoms with van der Waals surface area (Å²) < 4.78 is 34.7. The van der Waals surface area contributed by atoms with Gasteiger partial charge in [-0.25, -0.2) is 23.7 Å². The maximum absolute atomic E-state index is 14.9. The Labute approximate surface area is 202 Å². The molecule has 0 bridgehead atoms. The second-order valence-electron chi connectivity index (χ2n) is 9.23. The third kappa shape index (κ3) is 4.86. The van der Waals surface area contributed by atoms with Gasteiger partial charge in [-0.15, -0.1) is 0 Å². The van der Waals surface area contributed by atoms with Crippen molar-refractivity contribution in [2.45, 2.75) is 51.9 Å². The molecular weight excluding hydrogens is 450 g/mol. The minimum absolute atomic E-state index is 0.104. The fraction of sp³-hybridized carbons (Fsp3) is 0.385. The fourth-order valence-corrected chi connectivity index (χ4v) is 4.22. The first-order chi connectivity index (χ1) is 16.8. The Hall–Kier alpha value is -3.46. The fourth-order valence-electron chi connectivity index (χ4n) is 4.22. The highest BCUT2D eigenvalue weighted by Crippen LogP contribution is 2.32. The van der Waals surface area contributed by atoms with E-state index in [0.717, 1.165) is 35.9 Å². The summed E-state index contributed by atoms with van der Waals surface area (Å²) >= 11 is 0. The summed E-state index contributed by atoms with van der Waals surface area (Å²) in [6.07, 6.45) is 5.16. The first-order valence-electron chi connectivity index (χ1n) is 11.8. The Morgan fingerprint density at radius 2 is 1.89 bits per heavy atom. The van der Waals surface area contributed by atoms with Crippen molar-refractivity contribution >= 4 is 23.1 Å². The maximum Gasteiger partial charge on any atom is 0.135 e. The van der Waals surface area contributed by atoms with E-state index in [1.807, 2.05) is 33.1 Å². The second kappa shape index (κ2) is 9.30. The molecule has 5 rings (SSSR count). The Kier molecular flexibility index (Phi) is 6.19. The van der Waals surface area contributed by atoms with Gasteiger partial charge < -0.3 is 15.4 Å². The average Bonchev–Trinajstić information content (AvgIpc) is 3.64. The second-order valence-corrected chi connectivity index (χ2v) is 9.23. The number of benzene rings is 1. The number of ether oxygens (including phenoxy) is 1. The van der Waals surface area contributed by atoms with Crippen molar-refractivity contribution in [1.82, 2.24) is 15.0 Å². The Morgan fingerprint density at radius 3 is 2.60 bits per heavy atom. The number of aryl methyl sites for hydroxylation is 2. The summed E-state index contributed by atoms with van der Waals surface area (Å²) in [5.41, 5.74) is 9.79. The zero-order valence-electron chi connectivity index (χ0n) is 20.0. The Balaban J connectivity index is 1.58. The number of nitrogens with two attached hydrogens (primary N) is 1. The quantitative estimate of drug-likeness (QED) is 0.552. The molecule has 3 heterocycles. The average molecular weight is 479 g/mol. The van der Waals surface area contributed by atoms with Crippen LogP contribution in [-0.4, -0.2) is 52.5 Å². The van der Waals surface area contributed by atoms with E-state index in [2.05, 4.69) is 14.9 Å². The van der Waals surface area contributed by atoms with Crippen LogP contribution in [-0.2, 0) is 4.74 Å². The number of pyridine rings is 1. The lowest BCUT2D eigenvalue weighted by Crippen LogP contribution is -2.48. The van der Waals surface area contributed by atoms with E-state index in [9.17, 15) is 8.78 Å². The molecule has 0 radical (unpaired) electrons. The van der Waals surface area contributed by atoms with Crippen LogP contribution in [0.15, 0.2) is 41.0 Å². The van der Waals surface area contributed by atoms with Gasteiger partial charge in [0.2, 0.25) is 0 Å². The SMILES string of the molecule is Cc1nc2cc(N3C[C@@H](C)O[C@@H](/C(C=NC4CC4)=C/N)C3)nc(-c3ccc(F)cc3F)c2nc1C. The molecule has 9 heteroatoms. The van der Waals surface area contributed by atoms with Crippen LogP contribution in [0.3, 0.4) is 0 Å². The highest BCUT2D eigenvalue weighted by molar-refractivity contribution is 5.91. The van der Waals surface area contributed by atoms with Gasteiger partial charge in [0.15, 0.2) is 0 Å². The van der Waals surface area contributed by atoms with Crippen LogP contribution in [0.4, 0.5) is 14.6 Å². The minimum atomic E-state index is -0.700. The van der Waals surface area contributed by atoms with Crippen molar-refractivity contribution in [2.75, 3.05) is 18.0 Å². The largest absolute Gasteiger partial charge is 0.404 e. The first kappa shape index (κ1) is 23.3. The number of anilines is 1. The molecule has 1 saturated carbocycles. The third-order valence-corrected chi connectivity index (χ3v) is 6.37. The molecular formula is C26H28F2N6O. The van der Waals surface area contributed by atoms with Gasteiger partial charge in [0.25, 0.3) is 0 Å². The number of hydrogen-bond donors (Lipinski definition) is 1. The molecule has 0 unspecified atom stereocenters. The van der Waals surface area contributed by atoms with Crippen LogP contribution in [0.2, 0.25) is 0 Å². The van der Waals surface area contributed by atoms with Crippen molar-refractivity contribution in [3.63, 3.8) is 0 Å². The molecule has 2 aliphatic rings. The van der Waals surface area contributed by atoms with Gasteiger partial charge in [-0.05, 0) is 45.7 Å². The minimum Gasteiger partial charge on any atom is -0.404 e. The van der Waals surface area contributed by atoms with E-state index in [-0.39, 0.29) is 17.8 Å². The van der Waals surface area contributed by atoms with Gasteiger partial charge in [0.05, 0.1) is 35.6 Å². The van der Waals surface area contributed by atoms with Gasteiger partial charge in [-0.2, -0.15) is 0 Å². The smallest absolute Gasteiger partial charge is 0.135 e. The van der Waals surface area contributed by atoms with Gasteiger partial charge in [-0.3, -0.25) is 4.99 Å². The van der Waals surface area contributed by atoms with Crippen LogP contribution in [0.25, 0.3) is 22.3 Å². The Morgan fingerprint density at radius 1 is 1.11 bits per heavy atom. The normalized spacial score (nSPS) is 21.3. The summed E-state index contributed by atoms with van der Waals surface area (Å²) in [6, 6.07) is 5.70. The van der Waals surface area contributed by atoms with Crippen molar-refractivity contribution in [2.24, 2.45) is 10.7 Å².